The van der Waals surface area contributed by atoms with Gasteiger partial charge in [0.1, 0.15) is 17.6 Å². The maximum atomic E-state index is 13.2. The Morgan fingerprint density at radius 2 is 1.76 bits per heavy atom. The van der Waals surface area contributed by atoms with Crippen molar-refractivity contribution in [1.82, 2.24) is 9.78 Å². The van der Waals surface area contributed by atoms with E-state index in [1.807, 2.05) is 0 Å². The van der Waals surface area contributed by atoms with Gasteiger partial charge in [-0.15, -0.1) is 0 Å². The van der Waals surface area contributed by atoms with Gasteiger partial charge in [-0.1, -0.05) is 0 Å². The number of aromatic nitrogens is 2. The lowest BCUT2D eigenvalue weighted by atomic mass is 10.1. The summed E-state index contributed by atoms with van der Waals surface area (Å²) in [7, 11) is 0. The maximum absolute atomic E-state index is 13.2. The Morgan fingerprint density at radius 3 is 2.41 bits per heavy atom. The van der Waals surface area contributed by atoms with E-state index >= 15 is 0 Å². The van der Waals surface area contributed by atoms with E-state index in [4.69, 9.17) is 10.5 Å². The van der Waals surface area contributed by atoms with Crippen LogP contribution in [0.4, 0.5) is 15.8 Å². The Labute approximate surface area is 193 Å². The minimum atomic E-state index is -0.859. The third-order valence-corrected chi connectivity index (χ3v) is 5.06. The fourth-order valence-electron chi connectivity index (χ4n) is 3.38. The Hall–Kier alpha value is -4.54. The molecule has 1 unspecified atom stereocenters. The van der Waals surface area contributed by atoms with E-state index in [-0.39, 0.29) is 24.4 Å². The topological polar surface area (TPSA) is 132 Å². The monoisotopic (exact) mass is 464 g/mol. The van der Waals surface area contributed by atoms with Crippen LogP contribution in [0.2, 0.25) is 0 Å². The van der Waals surface area contributed by atoms with Gasteiger partial charge in [-0.2, -0.15) is 10.2 Å². The highest BCUT2D eigenvalue weighted by molar-refractivity contribution is 6.44. The van der Waals surface area contributed by atoms with Gasteiger partial charge in [0.05, 0.1) is 18.0 Å². The zero-order valence-electron chi connectivity index (χ0n) is 18.1. The van der Waals surface area contributed by atoms with Crippen molar-refractivity contribution >= 4 is 34.9 Å². The number of nitrogens with one attached hydrogen (secondary N) is 1. The number of hydrogen-bond donors (Lipinski definition) is 2. The van der Waals surface area contributed by atoms with Crippen LogP contribution in [0.1, 0.15) is 23.8 Å². The number of carbonyl (C=O) groups is 3. The Balaban J connectivity index is 1.46. The number of ether oxygens (including phenoxy) is 1. The van der Waals surface area contributed by atoms with Gasteiger partial charge < -0.3 is 15.8 Å². The molecule has 174 valence electrons. The van der Waals surface area contributed by atoms with Crippen molar-refractivity contribution in [3.8, 4) is 5.69 Å². The molecule has 0 saturated heterocycles. The highest BCUT2D eigenvalue weighted by atomic mass is 19.1. The zero-order chi connectivity index (χ0) is 24.2. The number of rotatable bonds is 7. The van der Waals surface area contributed by atoms with Gasteiger partial charge in [0.2, 0.25) is 5.91 Å². The molecule has 4 rings (SSSR count). The maximum Gasteiger partial charge on any atom is 0.358 e. The van der Waals surface area contributed by atoms with Gasteiger partial charge in [-0.25, -0.2) is 13.9 Å². The Morgan fingerprint density at radius 1 is 1.09 bits per heavy atom. The van der Waals surface area contributed by atoms with Crippen molar-refractivity contribution in [3.05, 3.63) is 72.3 Å². The first-order valence-corrected chi connectivity index (χ1v) is 10.4. The summed E-state index contributed by atoms with van der Waals surface area (Å²) in [4.78, 5) is 36.4. The minimum Gasteiger partial charge on any atom is -0.461 e. The zero-order valence-corrected chi connectivity index (χ0v) is 18.1. The van der Waals surface area contributed by atoms with E-state index in [1.165, 1.54) is 34.0 Å². The number of halogens is 1. The van der Waals surface area contributed by atoms with Gasteiger partial charge in [0.25, 0.3) is 5.91 Å². The molecule has 0 spiro atoms. The summed E-state index contributed by atoms with van der Waals surface area (Å²) in [5, 5.41) is 12.5. The van der Waals surface area contributed by atoms with Crippen LogP contribution in [0.3, 0.4) is 0 Å². The van der Waals surface area contributed by atoms with E-state index in [9.17, 15) is 18.8 Å². The summed E-state index contributed by atoms with van der Waals surface area (Å²) >= 11 is 0. The molecular weight excluding hydrogens is 443 g/mol. The molecule has 1 aliphatic heterocycles. The number of benzene rings is 2. The molecule has 0 aliphatic carbocycles. The second-order valence-electron chi connectivity index (χ2n) is 7.36. The van der Waals surface area contributed by atoms with Crippen LogP contribution in [0, 0.1) is 5.82 Å². The van der Waals surface area contributed by atoms with Crippen molar-refractivity contribution in [2.75, 3.05) is 16.9 Å². The number of esters is 1. The molecule has 34 heavy (non-hydrogen) atoms. The van der Waals surface area contributed by atoms with Gasteiger partial charge in [0, 0.05) is 18.3 Å². The predicted octanol–water partition coefficient (Wildman–Crippen LogP) is 2.25. The lowest BCUT2D eigenvalue weighted by Crippen LogP contribution is -2.39. The third kappa shape index (κ3) is 4.77. The molecule has 0 saturated carbocycles. The number of primary amides is 1. The van der Waals surface area contributed by atoms with Crippen LogP contribution in [0.5, 0.6) is 0 Å². The van der Waals surface area contributed by atoms with Crippen LogP contribution in [0.25, 0.3) is 5.69 Å². The molecule has 2 amide bonds. The van der Waals surface area contributed by atoms with Crippen LogP contribution < -0.4 is 16.1 Å². The summed E-state index contributed by atoms with van der Waals surface area (Å²) in [5.74, 6) is -2.09. The number of hydrogen-bond acceptors (Lipinski definition) is 7. The summed E-state index contributed by atoms with van der Waals surface area (Å²) in [6, 6.07) is 12.8. The first-order valence-electron chi connectivity index (χ1n) is 10.4. The van der Waals surface area contributed by atoms with Crippen LogP contribution in [-0.4, -0.2) is 45.9 Å². The quantitative estimate of drug-likeness (QED) is 0.516. The second kappa shape index (κ2) is 9.53. The van der Waals surface area contributed by atoms with Crippen molar-refractivity contribution in [2.45, 2.75) is 19.4 Å². The molecule has 10 nitrogen and oxygen atoms in total. The largest absolute Gasteiger partial charge is 0.461 e. The predicted molar refractivity (Wildman–Crippen MR) is 122 cm³/mol. The smallest absolute Gasteiger partial charge is 0.358 e. The van der Waals surface area contributed by atoms with Gasteiger partial charge >= 0.3 is 5.97 Å². The number of hydrazone groups is 1. The number of nitrogens with zero attached hydrogens (tertiary/aromatic N) is 4. The van der Waals surface area contributed by atoms with Gasteiger partial charge in [-0.3, -0.25) is 14.6 Å². The van der Waals surface area contributed by atoms with Gasteiger partial charge in [-0.05, 0) is 61.5 Å². The highest BCUT2D eigenvalue weighted by Crippen LogP contribution is 2.25. The molecule has 2 heterocycles. The lowest BCUT2D eigenvalue weighted by molar-refractivity contribution is -0.119. The normalized spacial score (nSPS) is 15.1. The molecular formula is C23H21FN6O4. The molecule has 2 aromatic carbocycles. The molecule has 0 fully saturated rings. The minimum absolute atomic E-state index is 0.0144. The van der Waals surface area contributed by atoms with Crippen LogP contribution in [-0.2, 0) is 14.3 Å². The molecule has 3 aromatic rings. The second-order valence-corrected chi connectivity index (χ2v) is 7.36. The third-order valence-electron chi connectivity index (χ3n) is 5.06. The van der Waals surface area contributed by atoms with E-state index in [1.54, 1.807) is 43.5 Å². The summed E-state index contributed by atoms with van der Waals surface area (Å²) < 4.78 is 19.7. The lowest BCUT2D eigenvalue weighted by Gasteiger charge is -2.20. The van der Waals surface area contributed by atoms with Crippen LogP contribution >= 0.6 is 0 Å². The average Bonchev–Trinajstić information content (AvgIpc) is 3.49. The van der Waals surface area contributed by atoms with Crippen LogP contribution in [0.15, 0.2) is 65.9 Å². The first kappa shape index (κ1) is 22.6. The Kier molecular flexibility index (Phi) is 6.35. The molecule has 3 N–H and O–H groups in total. The van der Waals surface area contributed by atoms with E-state index < -0.39 is 29.6 Å². The number of anilines is 2. The molecule has 1 atom stereocenters. The fraction of sp³-hybridized carbons (Fsp3) is 0.174. The summed E-state index contributed by atoms with van der Waals surface area (Å²) in [6.07, 6.45) is 1.64. The average molecular weight is 464 g/mol. The number of carbonyl (C=O) groups excluding carboxylic acids is 3. The van der Waals surface area contributed by atoms with E-state index in [0.29, 0.717) is 17.1 Å². The first-order chi connectivity index (χ1) is 16.4. The summed E-state index contributed by atoms with van der Waals surface area (Å²) in [5.41, 5.74) is 7.39. The standard InChI is InChI=1S/C23H21FN6O4/c1-2-34-23(33)18-11-12-29(27-18)16-9-5-15(6-10-16)26-22(32)19-13-20(21(25)31)30(28-19)17-7-3-14(24)4-8-17/h3-12,20H,2,13H2,1H3,(H2,25,31)(H,26,32). The van der Waals surface area contributed by atoms with E-state index in [2.05, 4.69) is 15.5 Å². The van der Waals surface area contributed by atoms with Gasteiger partial charge in [0.15, 0.2) is 5.69 Å². The summed E-state index contributed by atoms with van der Waals surface area (Å²) in [6.45, 7) is 1.97. The molecule has 0 bridgehead atoms. The SMILES string of the molecule is CCOC(=O)c1ccn(-c2ccc(NC(=O)C3=NN(c4ccc(F)cc4)C(C(N)=O)C3)cc2)n1. The van der Waals surface area contributed by atoms with E-state index in [0.717, 1.165) is 0 Å². The highest BCUT2D eigenvalue weighted by Gasteiger charge is 2.35. The van der Waals surface area contributed by atoms with Crippen molar-refractivity contribution in [2.24, 2.45) is 10.8 Å². The Bertz CT molecular complexity index is 1250. The number of amides is 2. The fourth-order valence-corrected chi connectivity index (χ4v) is 3.38. The molecule has 1 aliphatic rings. The van der Waals surface area contributed by atoms with Crippen molar-refractivity contribution in [3.63, 3.8) is 0 Å². The van der Waals surface area contributed by atoms with Crippen molar-refractivity contribution < 1.29 is 23.5 Å². The molecule has 0 radical (unpaired) electrons. The molecule has 11 heteroatoms. The number of nitrogens with two attached hydrogens (primary N) is 1. The van der Waals surface area contributed by atoms with Crippen molar-refractivity contribution in [1.29, 1.82) is 0 Å². The molecule has 1 aromatic heterocycles.